The molecule has 15 heavy (non-hydrogen) atoms. The largest absolute Gasteiger partial charge is 0.508 e. The van der Waals surface area contributed by atoms with Crippen LogP contribution < -0.4 is 0 Å². The molecule has 0 unspecified atom stereocenters. The van der Waals surface area contributed by atoms with Gasteiger partial charge < -0.3 is 9.94 Å². The summed E-state index contributed by atoms with van der Waals surface area (Å²) in [5.74, 6) is 0.368. The zero-order valence-corrected chi connectivity index (χ0v) is 9.08. The minimum absolute atomic E-state index is 0.368. The lowest BCUT2D eigenvalue weighted by atomic mass is 9.88. The quantitative estimate of drug-likeness (QED) is 0.715. The Morgan fingerprint density at radius 1 is 1.33 bits per heavy atom. The molecule has 2 rings (SSSR count). The zero-order chi connectivity index (χ0) is 10.8. The molecule has 1 aliphatic carbocycles. The smallest absolute Gasteiger partial charge is 0.118 e. The Balaban J connectivity index is 2.52. The minimum atomic E-state index is 0.368. The molecule has 0 atom stereocenters. The first-order valence-electron chi connectivity index (χ1n) is 5.15. The van der Waals surface area contributed by atoms with Gasteiger partial charge >= 0.3 is 0 Å². The molecule has 0 fully saturated rings. The van der Waals surface area contributed by atoms with E-state index in [1.165, 1.54) is 5.56 Å². The summed E-state index contributed by atoms with van der Waals surface area (Å²) in [6, 6.07) is 3.83. The van der Waals surface area contributed by atoms with Crippen LogP contribution in [-0.4, -0.2) is 17.9 Å². The number of hydrogen-bond acceptors (Lipinski definition) is 3. The van der Waals surface area contributed by atoms with E-state index in [4.69, 9.17) is 4.84 Å². The first-order chi connectivity index (χ1) is 7.22. The number of phenolic OH excluding ortho intramolecular Hbond substituents is 1. The van der Waals surface area contributed by atoms with Crippen LogP contribution in [0.15, 0.2) is 17.3 Å². The monoisotopic (exact) mass is 205 g/mol. The van der Waals surface area contributed by atoms with Crippen molar-refractivity contribution < 1.29 is 9.94 Å². The second-order valence-corrected chi connectivity index (χ2v) is 3.87. The van der Waals surface area contributed by atoms with Crippen LogP contribution in [-0.2, 0) is 11.3 Å². The Morgan fingerprint density at radius 3 is 2.87 bits per heavy atom. The summed E-state index contributed by atoms with van der Waals surface area (Å²) in [5, 5.41) is 13.7. The van der Waals surface area contributed by atoms with E-state index in [-0.39, 0.29) is 0 Å². The summed E-state index contributed by atoms with van der Waals surface area (Å²) >= 11 is 0. The van der Waals surface area contributed by atoms with E-state index < -0.39 is 0 Å². The van der Waals surface area contributed by atoms with E-state index in [1.54, 1.807) is 7.11 Å². The van der Waals surface area contributed by atoms with Crippen molar-refractivity contribution in [1.82, 2.24) is 0 Å². The summed E-state index contributed by atoms with van der Waals surface area (Å²) in [4.78, 5) is 4.83. The summed E-state index contributed by atoms with van der Waals surface area (Å²) in [7, 11) is 1.56. The van der Waals surface area contributed by atoms with Crippen molar-refractivity contribution in [2.75, 3.05) is 7.11 Å². The average molecular weight is 205 g/mol. The van der Waals surface area contributed by atoms with Gasteiger partial charge in [0, 0.05) is 5.56 Å². The molecule has 0 radical (unpaired) electrons. The lowest BCUT2D eigenvalue weighted by Gasteiger charge is -2.18. The van der Waals surface area contributed by atoms with Crippen LogP contribution in [0.4, 0.5) is 0 Å². The number of rotatable bonds is 1. The molecule has 0 saturated heterocycles. The summed E-state index contributed by atoms with van der Waals surface area (Å²) in [5.41, 5.74) is 4.17. The SMILES string of the molecule is CON=C1CCCc2cc(O)c(C)cc21. The molecule has 1 N–H and O–H groups in total. The molecule has 1 aromatic carbocycles. The molecule has 0 aromatic heterocycles. The third-order valence-corrected chi connectivity index (χ3v) is 2.79. The number of aryl methyl sites for hydroxylation is 2. The van der Waals surface area contributed by atoms with E-state index >= 15 is 0 Å². The third kappa shape index (κ3) is 1.82. The van der Waals surface area contributed by atoms with Crippen molar-refractivity contribution in [3.8, 4) is 5.75 Å². The predicted octanol–water partition coefficient (Wildman–Crippen LogP) is 2.39. The number of fused-ring (bicyclic) bond motifs is 1. The van der Waals surface area contributed by atoms with Gasteiger partial charge in [0.2, 0.25) is 0 Å². The molecule has 0 aliphatic heterocycles. The highest BCUT2D eigenvalue weighted by atomic mass is 16.6. The van der Waals surface area contributed by atoms with E-state index in [1.807, 2.05) is 19.1 Å². The van der Waals surface area contributed by atoms with Crippen molar-refractivity contribution in [3.63, 3.8) is 0 Å². The van der Waals surface area contributed by atoms with Crippen molar-refractivity contribution in [1.29, 1.82) is 0 Å². The van der Waals surface area contributed by atoms with Gasteiger partial charge in [0.15, 0.2) is 0 Å². The fraction of sp³-hybridized carbons (Fsp3) is 0.417. The van der Waals surface area contributed by atoms with Crippen molar-refractivity contribution in [2.24, 2.45) is 5.16 Å². The molecule has 0 amide bonds. The molecule has 0 saturated carbocycles. The molecule has 1 aliphatic rings. The van der Waals surface area contributed by atoms with Crippen LogP contribution in [0.3, 0.4) is 0 Å². The van der Waals surface area contributed by atoms with Crippen molar-refractivity contribution in [2.45, 2.75) is 26.2 Å². The van der Waals surface area contributed by atoms with Gasteiger partial charge in [-0.05, 0) is 49.4 Å². The molecular formula is C12H15NO2. The summed E-state index contributed by atoms with van der Waals surface area (Å²) < 4.78 is 0. The molecule has 1 aromatic rings. The molecule has 0 heterocycles. The zero-order valence-electron chi connectivity index (χ0n) is 9.08. The van der Waals surface area contributed by atoms with Crippen LogP contribution in [0.2, 0.25) is 0 Å². The highest BCUT2D eigenvalue weighted by molar-refractivity contribution is 6.02. The first-order valence-corrected chi connectivity index (χ1v) is 5.15. The number of hydrogen-bond donors (Lipinski definition) is 1. The maximum absolute atomic E-state index is 9.62. The van der Waals surface area contributed by atoms with Gasteiger partial charge in [-0.25, -0.2) is 0 Å². The highest BCUT2D eigenvalue weighted by Crippen LogP contribution is 2.28. The van der Waals surface area contributed by atoms with E-state index in [2.05, 4.69) is 5.16 Å². The van der Waals surface area contributed by atoms with E-state index in [0.29, 0.717) is 5.75 Å². The second-order valence-electron chi connectivity index (χ2n) is 3.87. The van der Waals surface area contributed by atoms with Crippen molar-refractivity contribution >= 4 is 5.71 Å². The van der Waals surface area contributed by atoms with Crippen molar-refractivity contribution in [3.05, 3.63) is 28.8 Å². The number of aromatic hydroxyl groups is 1. The summed E-state index contributed by atoms with van der Waals surface area (Å²) in [6.07, 6.45) is 3.02. The highest BCUT2D eigenvalue weighted by Gasteiger charge is 2.17. The molecule has 80 valence electrons. The molecule has 0 bridgehead atoms. The van der Waals surface area contributed by atoms with Gasteiger partial charge in [0.05, 0.1) is 5.71 Å². The Morgan fingerprint density at radius 2 is 2.13 bits per heavy atom. The Labute approximate surface area is 89.4 Å². The lowest BCUT2D eigenvalue weighted by Crippen LogP contribution is -2.12. The van der Waals surface area contributed by atoms with Gasteiger partial charge in [-0.3, -0.25) is 0 Å². The molecule has 3 nitrogen and oxygen atoms in total. The Hall–Kier alpha value is -1.51. The number of oxime groups is 1. The van der Waals surface area contributed by atoms with Gasteiger partial charge in [0.25, 0.3) is 0 Å². The Kier molecular flexibility index (Phi) is 2.62. The van der Waals surface area contributed by atoms with Crippen LogP contribution in [0.25, 0.3) is 0 Å². The molecule has 0 spiro atoms. The topological polar surface area (TPSA) is 41.8 Å². The lowest BCUT2D eigenvalue weighted by molar-refractivity contribution is 0.212. The second kappa shape index (κ2) is 3.93. The summed E-state index contributed by atoms with van der Waals surface area (Å²) in [6.45, 7) is 1.90. The normalized spacial score (nSPS) is 17.6. The average Bonchev–Trinajstić information content (AvgIpc) is 2.21. The van der Waals surface area contributed by atoms with Crippen LogP contribution in [0.5, 0.6) is 5.75 Å². The number of nitrogens with zero attached hydrogens (tertiary/aromatic N) is 1. The third-order valence-electron chi connectivity index (χ3n) is 2.79. The molecular weight excluding hydrogens is 190 g/mol. The number of benzene rings is 1. The maximum atomic E-state index is 9.62. The van der Waals surface area contributed by atoms with E-state index in [9.17, 15) is 5.11 Å². The molecule has 3 heteroatoms. The first kappa shape index (κ1) is 10.0. The maximum Gasteiger partial charge on any atom is 0.118 e. The fourth-order valence-corrected chi connectivity index (χ4v) is 2.00. The van der Waals surface area contributed by atoms with E-state index in [0.717, 1.165) is 36.1 Å². The van der Waals surface area contributed by atoms with Gasteiger partial charge in [0.1, 0.15) is 12.9 Å². The van der Waals surface area contributed by atoms with Gasteiger partial charge in [-0.15, -0.1) is 0 Å². The fourth-order valence-electron chi connectivity index (χ4n) is 2.00. The predicted molar refractivity (Wildman–Crippen MR) is 59.3 cm³/mol. The standard InChI is InChI=1S/C12H15NO2/c1-8-6-10-9(7-12(8)14)4-3-5-11(10)13-15-2/h6-7,14H,3-5H2,1-2H3. The van der Waals surface area contributed by atoms with Crippen LogP contribution in [0, 0.1) is 6.92 Å². The van der Waals surface area contributed by atoms with Crippen LogP contribution >= 0.6 is 0 Å². The van der Waals surface area contributed by atoms with Gasteiger partial charge in [-0.2, -0.15) is 0 Å². The van der Waals surface area contributed by atoms with Crippen LogP contribution in [0.1, 0.15) is 29.5 Å². The van der Waals surface area contributed by atoms with Gasteiger partial charge in [-0.1, -0.05) is 5.16 Å². The Bertz CT molecular complexity index is 410. The number of phenols is 1. The minimum Gasteiger partial charge on any atom is -0.508 e.